The number of hydrogen-bond acceptors (Lipinski definition) is 2. The van der Waals surface area contributed by atoms with Crippen molar-refractivity contribution in [2.24, 2.45) is 0 Å². The molecule has 0 atom stereocenters. The summed E-state index contributed by atoms with van der Waals surface area (Å²) in [6, 6.07) is 7.88. The van der Waals surface area contributed by atoms with Crippen LogP contribution in [0, 0.1) is 0 Å². The van der Waals surface area contributed by atoms with Gasteiger partial charge in [0.15, 0.2) is 5.11 Å². The lowest BCUT2D eigenvalue weighted by molar-refractivity contribution is -0.119. The van der Waals surface area contributed by atoms with Gasteiger partial charge in [-0.2, -0.15) is 0 Å². The van der Waals surface area contributed by atoms with Gasteiger partial charge in [0.25, 0.3) is 0 Å². The predicted octanol–water partition coefficient (Wildman–Crippen LogP) is 1.92. The van der Waals surface area contributed by atoms with Crippen molar-refractivity contribution in [2.45, 2.75) is 0 Å². The quantitative estimate of drug-likeness (QED) is 0.665. The van der Waals surface area contributed by atoms with Crippen LogP contribution in [0.5, 0.6) is 0 Å². The molecule has 0 radical (unpaired) electrons. The van der Waals surface area contributed by atoms with Crippen LogP contribution in [-0.2, 0) is 4.79 Å². The Morgan fingerprint density at radius 2 is 2.06 bits per heavy atom. The zero-order valence-corrected chi connectivity index (χ0v) is 12.2. The van der Waals surface area contributed by atoms with Gasteiger partial charge in [-0.15, -0.1) is 0 Å². The highest BCUT2D eigenvalue weighted by Gasteiger charge is 2.17. The third kappa shape index (κ3) is 3.43. The molecule has 6 heteroatoms. The van der Waals surface area contributed by atoms with Gasteiger partial charge in [0.2, 0.25) is 6.41 Å². The number of thiocarbonyl (C=S) groups is 1. The van der Waals surface area contributed by atoms with E-state index in [2.05, 4.69) is 26.1 Å². The van der Waals surface area contributed by atoms with E-state index in [1.165, 1.54) is 0 Å². The number of amides is 1. The number of hydrogen-bond donors (Lipinski definition) is 1. The van der Waals surface area contributed by atoms with E-state index in [9.17, 15) is 4.79 Å². The average molecular weight is 328 g/mol. The highest BCUT2D eigenvalue weighted by atomic mass is 79.9. The molecule has 0 aromatic heterocycles. The number of anilines is 1. The zero-order chi connectivity index (χ0) is 13.0. The smallest absolute Gasteiger partial charge is 0.209 e. The maximum absolute atomic E-state index is 10.6. The van der Waals surface area contributed by atoms with Gasteiger partial charge in [-0.25, -0.2) is 0 Å². The molecule has 1 N–H and O–H groups in total. The summed E-state index contributed by atoms with van der Waals surface area (Å²) < 4.78 is 1.01. The van der Waals surface area contributed by atoms with Crippen molar-refractivity contribution < 1.29 is 4.79 Å². The summed E-state index contributed by atoms with van der Waals surface area (Å²) in [5, 5.41) is 3.91. The van der Waals surface area contributed by atoms with Gasteiger partial charge in [0, 0.05) is 36.3 Å². The van der Waals surface area contributed by atoms with Crippen LogP contribution in [0.25, 0.3) is 0 Å². The number of carbonyl (C=O) groups is 1. The van der Waals surface area contributed by atoms with E-state index in [1.54, 1.807) is 4.90 Å². The number of carbonyl (C=O) groups excluding carboxylic acids is 1. The minimum absolute atomic E-state index is 0.707. The Morgan fingerprint density at radius 1 is 1.33 bits per heavy atom. The Hall–Kier alpha value is -1.14. The number of benzene rings is 1. The Kier molecular flexibility index (Phi) is 4.54. The second kappa shape index (κ2) is 6.15. The lowest BCUT2D eigenvalue weighted by Gasteiger charge is -2.34. The first kappa shape index (κ1) is 13.3. The fourth-order valence-electron chi connectivity index (χ4n) is 1.80. The second-order valence-electron chi connectivity index (χ2n) is 4.07. The minimum Gasteiger partial charge on any atom is -0.345 e. The van der Waals surface area contributed by atoms with Crippen molar-refractivity contribution in [2.75, 3.05) is 31.5 Å². The number of nitrogens with zero attached hydrogens (tertiary/aromatic N) is 2. The van der Waals surface area contributed by atoms with Crippen LogP contribution in [0.1, 0.15) is 0 Å². The van der Waals surface area contributed by atoms with Crippen LogP contribution in [0.3, 0.4) is 0 Å². The van der Waals surface area contributed by atoms with Crippen molar-refractivity contribution in [1.82, 2.24) is 9.80 Å². The molecule has 1 aromatic carbocycles. The van der Waals surface area contributed by atoms with E-state index in [-0.39, 0.29) is 0 Å². The molecular formula is C12H14BrN3OS. The van der Waals surface area contributed by atoms with Gasteiger partial charge in [-0.1, -0.05) is 22.0 Å². The fourth-order valence-corrected chi connectivity index (χ4v) is 2.50. The number of halogens is 1. The normalized spacial score (nSPS) is 15.4. The molecule has 2 rings (SSSR count). The van der Waals surface area contributed by atoms with Crippen molar-refractivity contribution in [3.63, 3.8) is 0 Å². The molecule has 1 fully saturated rings. The highest BCUT2D eigenvalue weighted by Crippen LogP contribution is 2.16. The summed E-state index contributed by atoms with van der Waals surface area (Å²) in [6.45, 7) is 3.00. The summed E-state index contributed by atoms with van der Waals surface area (Å²) >= 11 is 8.79. The van der Waals surface area contributed by atoms with Gasteiger partial charge in [-0.05, 0) is 30.4 Å². The van der Waals surface area contributed by atoms with Crippen LogP contribution in [0.4, 0.5) is 5.69 Å². The number of piperazine rings is 1. The van der Waals surface area contributed by atoms with E-state index in [1.807, 2.05) is 24.3 Å². The van der Waals surface area contributed by atoms with E-state index in [4.69, 9.17) is 12.2 Å². The van der Waals surface area contributed by atoms with Crippen molar-refractivity contribution >= 4 is 45.4 Å². The van der Waals surface area contributed by atoms with Gasteiger partial charge in [0.05, 0.1) is 0 Å². The predicted molar refractivity (Wildman–Crippen MR) is 79.6 cm³/mol. The SMILES string of the molecule is O=CN1CCN(C(=S)Nc2cccc(Br)c2)CC1. The van der Waals surface area contributed by atoms with Crippen LogP contribution in [0.15, 0.2) is 28.7 Å². The molecule has 4 nitrogen and oxygen atoms in total. The standard InChI is InChI=1S/C12H14BrN3OS/c13-10-2-1-3-11(8-10)14-12(18)16-6-4-15(9-17)5-7-16/h1-3,8-9H,4-7H2,(H,14,18). The molecule has 1 aliphatic rings. The van der Waals surface area contributed by atoms with Crippen molar-refractivity contribution in [3.05, 3.63) is 28.7 Å². The topological polar surface area (TPSA) is 35.6 Å². The van der Waals surface area contributed by atoms with Crippen molar-refractivity contribution in [1.29, 1.82) is 0 Å². The van der Waals surface area contributed by atoms with Gasteiger partial charge in [0.1, 0.15) is 0 Å². The molecule has 1 heterocycles. The molecule has 0 saturated carbocycles. The summed E-state index contributed by atoms with van der Waals surface area (Å²) in [5.74, 6) is 0. The lowest BCUT2D eigenvalue weighted by Crippen LogP contribution is -2.49. The Labute approximate surface area is 120 Å². The first-order valence-corrected chi connectivity index (χ1v) is 6.90. The summed E-state index contributed by atoms with van der Waals surface area (Å²) in [4.78, 5) is 14.5. The molecule has 1 aliphatic heterocycles. The molecule has 1 amide bonds. The van der Waals surface area contributed by atoms with Crippen LogP contribution >= 0.6 is 28.1 Å². The van der Waals surface area contributed by atoms with E-state index < -0.39 is 0 Å². The van der Waals surface area contributed by atoms with Gasteiger partial charge >= 0.3 is 0 Å². The number of nitrogens with one attached hydrogen (secondary N) is 1. The molecule has 0 unspecified atom stereocenters. The van der Waals surface area contributed by atoms with Crippen molar-refractivity contribution in [3.8, 4) is 0 Å². The molecule has 0 spiro atoms. The molecule has 1 aromatic rings. The molecule has 0 bridgehead atoms. The number of rotatable bonds is 2. The highest BCUT2D eigenvalue weighted by molar-refractivity contribution is 9.10. The second-order valence-corrected chi connectivity index (χ2v) is 5.37. The first-order valence-electron chi connectivity index (χ1n) is 5.70. The zero-order valence-electron chi connectivity index (χ0n) is 9.80. The average Bonchev–Trinajstić information content (AvgIpc) is 2.39. The molecule has 96 valence electrons. The van der Waals surface area contributed by atoms with E-state index in [0.717, 1.165) is 42.7 Å². The van der Waals surface area contributed by atoms with Crippen LogP contribution in [-0.4, -0.2) is 47.5 Å². The maximum atomic E-state index is 10.6. The Morgan fingerprint density at radius 3 is 2.67 bits per heavy atom. The monoisotopic (exact) mass is 327 g/mol. The molecule has 18 heavy (non-hydrogen) atoms. The summed E-state index contributed by atoms with van der Waals surface area (Å²) in [6.07, 6.45) is 0.891. The summed E-state index contributed by atoms with van der Waals surface area (Å²) in [7, 11) is 0. The molecule has 0 aliphatic carbocycles. The summed E-state index contributed by atoms with van der Waals surface area (Å²) in [5.41, 5.74) is 0.965. The van der Waals surface area contributed by atoms with Crippen LogP contribution in [0.2, 0.25) is 0 Å². The maximum Gasteiger partial charge on any atom is 0.209 e. The fraction of sp³-hybridized carbons (Fsp3) is 0.333. The Bertz CT molecular complexity index is 447. The van der Waals surface area contributed by atoms with Gasteiger partial charge < -0.3 is 15.1 Å². The van der Waals surface area contributed by atoms with E-state index in [0.29, 0.717) is 5.11 Å². The third-order valence-corrected chi connectivity index (χ3v) is 3.68. The molecule has 1 saturated heterocycles. The van der Waals surface area contributed by atoms with E-state index >= 15 is 0 Å². The first-order chi connectivity index (χ1) is 8.69. The van der Waals surface area contributed by atoms with Crippen LogP contribution < -0.4 is 5.32 Å². The largest absolute Gasteiger partial charge is 0.345 e. The minimum atomic E-state index is 0.707. The Balaban J connectivity index is 1.91. The molecular weight excluding hydrogens is 314 g/mol. The third-order valence-electron chi connectivity index (χ3n) is 2.83. The van der Waals surface area contributed by atoms with Gasteiger partial charge in [-0.3, -0.25) is 4.79 Å². The lowest BCUT2D eigenvalue weighted by atomic mass is 10.3.